The van der Waals surface area contributed by atoms with Crippen LogP contribution in [0.4, 0.5) is 0 Å². The average Bonchev–Trinajstić information content (AvgIpc) is 2.99. The van der Waals surface area contributed by atoms with Crippen molar-refractivity contribution < 1.29 is 4.74 Å². The quantitative estimate of drug-likeness (QED) is 0.721. The maximum absolute atomic E-state index is 6.90. The lowest BCUT2D eigenvalue weighted by atomic mass is 9.67. The van der Waals surface area contributed by atoms with E-state index in [2.05, 4.69) is 16.3 Å². The lowest BCUT2D eigenvalue weighted by Crippen LogP contribution is -2.61. The van der Waals surface area contributed by atoms with Crippen molar-refractivity contribution in [1.29, 1.82) is 0 Å². The SMILES string of the molecule is c1cc2c(s1)[C@@H]1CCCC[C@H]1O[C@@]21CN2CCC1CC2. The molecule has 1 aliphatic carbocycles. The van der Waals surface area contributed by atoms with Gasteiger partial charge in [0, 0.05) is 17.3 Å². The number of ether oxygens (including phenoxy) is 1. The predicted molar refractivity (Wildman–Crippen MR) is 81.2 cm³/mol. The molecule has 5 aliphatic rings. The maximum Gasteiger partial charge on any atom is 0.110 e. The molecule has 4 aliphatic heterocycles. The van der Waals surface area contributed by atoms with Crippen LogP contribution in [-0.2, 0) is 10.3 Å². The first-order valence-electron chi connectivity index (χ1n) is 8.35. The molecule has 108 valence electrons. The first-order chi connectivity index (χ1) is 9.87. The highest BCUT2D eigenvalue weighted by molar-refractivity contribution is 7.10. The van der Waals surface area contributed by atoms with E-state index in [0.29, 0.717) is 12.0 Å². The molecule has 1 aromatic rings. The average molecular weight is 289 g/mol. The van der Waals surface area contributed by atoms with Crippen LogP contribution in [-0.4, -0.2) is 30.6 Å². The van der Waals surface area contributed by atoms with E-state index < -0.39 is 0 Å². The Morgan fingerprint density at radius 3 is 2.80 bits per heavy atom. The normalized spacial score (nSPS) is 46.2. The fourth-order valence-electron chi connectivity index (χ4n) is 5.29. The minimum Gasteiger partial charge on any atom is -0.365 e. The van der Waals surface area contributed by atoms with Crippen LogP contribution >= 0.6 is 11.3 Å². The number of nitrogens with zero attached hydrogens (tertiary/aromatic N) is 1. The zero-order chi connectivity index (χ0) is 13.2. The zero-order valence-electron chi connectivity index (χ0n) is 12.0. The van der Waals surface area contributed by atoms with E-state index in [1.54, 1.807) is 10.4 Å². The van der Waals surface area contributed by atoms with Gasteiger partial charge in [0.1, 0.15) is 5.60 Å². The second-order valence-corrected chi connectivity index (χ2v) is 8.13. The molecule has 0 N–H and O–H groups in total. The van der Waals surface area contributed by atoms with Crippen LogP contribution in [0.15, 0.2) is 11.4 Å². The van der Waals surface area contributed by atoms with Crippen molar-refractivity contribution in [2.45, 2.75) is 56.1 Å². The van der Waals surface area contributed by atoms with Crippen molar-refractivity contribution in [2.24, 2.45) is 5.92 Å². The molecule has 2 bridgehead atoms. The molecule has 1 saturated carbocycles. The highest BCUT2D eigenvalue weighted by atomic mass is 32.1. The summed E-state index contributed by atoms with van der Waals surface area (Å²) in [7, 11) is 0. The number of hydrogen-bond acceptors (Lipinski definition) is 3. The number of rotatable bonds is 0. The molecule has 0 aromatic carbocycles. The van der Waals surface area contributed by atoms with Crippen LogP contribution in [0.3, 0.4) is 0 Å². The summed E-state index contributed by atoms with van der Waals surface area (Å²) in [5.41, 5.74) is 1.64. The molecule has 2 nitrogen and oxygen atoms in total. The van der Waals surface area contributed by atoms with Gasteiger partial charge in [0.15, 0.2) is 0 Å². The monoisotopic (exact) mass is 289 g/mol. The maximum atomic E-state index is 6.90. The lowest BCUT2D eigenvalue weighted by Gasteiger charge is -2.57. The van der Waals surface area contributed by atoms with Gasteiger partial charge in [-0.05, 0) is 61.7 Å². The molecule has 3 heteroatoms. The predicted octanol–water partition coefficient (Wildman–Crippen LogP) is 3.73. The summed E-state index contributed by atoms with van der Waals surface area (Å²) >= 11 is 2.01. The summed E-state index contributed by atoms with van der Waals surface area (Å²) in [6.07, 6.45) is 8.59. The molecule has 4 fully saturated rings. The molecule has 3 saturated heterocycles. The second-order valence-electron chi connectivity index (χ2n) is 7.19. The first-order valence-corrected chi connectivity index (χ1v) is 9.23. The second kappa shape index (κ2) is 4.31. The Bertz CT molecular complexity index is 519. The number of hydrogen-bond donors (Lipinski definition) is 0. The summed E-state index contributed by atoms with van der Waals surface area (Å²) in [4.78, 5) is 4.33. The van der Waals surface area contributed by atoms with Crippen LogP contribution in [0.25, 0.3) is 0 Å². The van der Waals surface area contributed by atoms with E-state index >= 15 is 0 Å². The molecule has 5 heterocycles. The summed E-state index contributed by atoms with van der Waals surface area (Å²) in [5.74, 6) is 1.48. The number of piperidine rings is 3. The van der Waals surface area contributed by atoms with Gasteiger partial charge in [-0.25, -0.2) is 0 Å². The molecule has 0 amide bonds. The van der Waals surface area contributed by atoms with Crippen LogP contribution in [0.1, 0.15) is 54.9 Å². The standard InChI is InChI=1S/C17H23NOS/c1-2-4-15-13(3-1)16-14(7-10-20-16)17(19-15)11-18-8-5-12(17)6-9-18/h7,10,12-13,15H,1-6,8-9,11H2/t13-,15-,17-/m1/s1. The van der Waals surface area contributed by atoms with Gasteiger partial charge >= 0.3 is 0 Å². The third kappa shape index (κ3) is 1.52. The molecular weight excluding hydrogens is 266 g/mol. The Morgan fingerprint density at radius 2 is 2.00 bits per heavy atom. The van der Waals surface area contributed by atoms with Gasteiger partial charge < -0.3 is 9.64 Å². The molecule has 1 aromatic heterocycles. The summed E-state index contributed by atoms with van der Waals surface area (Å²) < 4.78 is 6.90. The van der Waals surface area contributed by atoms with Crippen molar-refractivity contribution in [2.75, 3.05) is 19.6 Å². The smallest absolute Gasteiger partial charge is 0.110 e. The van der Waals surface area contributed by atoms with Crippen LogP contribution in [0.2, 0.25) is 0 Å². The first kappa shape index (κ1) is 12.2. The van der Waals surface area contributed by atoms with E-state index in [0.717, 1.165) is 12.5 Å². The van der Waals surface area contributed by atoms with Crippen molar-refractivity contribution in [3.63, 3.8) is 0 Å². The van der Waals surface area contributed by atoms with Gasteiger partial charge in [-0.2, -0.15) is 0 Å². The van der Waals surface area contributed by atoms with Gasteiger partial charge in [0.05, 0.1) is 6.10 Å². The topological polar surface area (TPSA) is 12.5 Å². The van der Waals surface area contributed by atoms with E-state index in [1.807, 2.05) is 11.3 Å². The number of thiophene rings is 1. The van der Waals surface area contributed by atoms with Crippen LogP contribution in [0, 0.1) is 5.92 Å². The Kier molecular flexibility index (Phi) is 2.63. The molecule has 6 rings (SSSR count). The van der Waals surface area contributed by atoms with Crippen molar-refractivity contribution in [1.82, 2.24) is 4.90 Å². The summed E-state index contributed by atoms with van der Waals surface area (Å²) in [6, 6.07) is 2.40. The van der Waals surface area contributed by atoms with Gasteiger partial charge in [-0.1, -0.05) is 12.8 Å². The fraction of sp³-hybridized carbons (Fsp3) is 0.765. The Balaban J connectivity index is 1.63. The van der Waals surface area contributed by atoms with Crippen LogP contribution < -0.4 is 0 Å². The van der Waals surface area contributed by atoms with Crippen molar-refractivity contribution in [3.8, 4) is 0 Å². The molecule has 0 unspecified atom stereocenters. The Morgan fingerprint density at radius 1 is 1.15 bits per heavy atom. The lowest BCUT2D eigenvalue weighted by molar-refractivity contribution is -0.206. The van der Waals surface area contributed by atoms with Gasteiger partial charge in [-0.15, -0.1) is 11.3 Å². The van der Waals surface area contributed by atoms with Crippen LogP contribution in [0.5, 0.6) is 0 Å². The van der Waals surface area contributed by atoms with E-state index in [9.17, 15) is 0 Å². The van der Waals surface area contributed by atoms with Gasteiger partial charge in [0.2, 0.25) is 0 Å². The Hall–Kier alpha value is -0.380. The zero-order valence-corrected chi connectivity index (χ0v) is 12.8. The minimum absolute atomic E-state index is 0.0599. The minimum atomic E-state index is 0.0599. The summed E-state index contributed by atoms with van der Waals surface area (Å²) in [6.45, 7) is 3.75. The fourth-order valence-corrected chi connectivity index (χ4v) is 6.45. The van der Waals surface area contributed by atoms with E-state index in [-0.39, 0.29) is 5.60 Å². The third-order valence-electron chi connectivity index (χ3n) is 6.26. The van der Waals surface area contributed by atoms with E-state index in [4.69, 9.17) is 4.74 Å². The van der Waals surface area contributed by atoms with Gasteiger partial charge in [-0.3, -0.25) is 0 Å². The number of fused-ring (bicyclic) bond motifs is 5. The highest BCUT2D eigenvalue weighted by Crippen LogP contribution is 2.55. The van der Waals surface area contributed by atoms with Crippen molar-refractivity contribution in [3.05, 3.63) is 21.9 Å². The van der Waals surface area contributed by atoms with Gasteiger partial charge in [0.25, 0.3) is 0 Å². The largest absolute Gasteiger partial charge is 0.365 e. The van der Waals surface area contributed by atoms with E-state index in [1.165, 1.54) is 51.6 Å². The molecular formula is C17H23NOS. The molecule has 3 atom stereocenters. The third-order valence-corrected chi connectivity index (χ3v) is 7.31. The highest BCUT2D eigenvalue weighted by Gasteiger charge is 2.55. The molecule has 1 spiro atoms. The summed E-state index contributed by atoms with van der Waals surface area (Å²) in [5, 5.41) is 2.32. The Labute approximate surface area is 125 Å². The molecule has 20 heavy (non-hydrogen) atoms. The molecule has 0 radical (unpaired) electrons. The van der Waals surface area contributed by atoms with Crippen molar-refractivity contribution >= 4 is 11.3 Å².